The van der Waals surface area contributed by atoms with E-state index in [4.69, 9.17) is 10.2 Å². The first-order valence-corrected chi connectivity index (χ1v) is 8.82. The van der Waals surface area contributed by atoms with E-state index in [-0.39, 0.29) is 23.5 Å². The molecule has 3 heterocycles. The van der Waals surface area contributed by atoms with Gasteiger partial charge < -0.3 is 10.2 Å². The van der Waals surface area contributed by atoms with Gasteiger partial charge in [-0.05, 0) is 18.4 Å². The van der Waals surface area contributed by atoms with E-state index in [0.717, 1.165) is 16.8 Å². The van der Waals surface area contributed by atoms with Gasteiger partial charge in [0.05, 0.1) is 30.1 Å². The SMILES string of the molecule is CC(C)c1c(-c2ccoc2)nn(C2CCS(=O)(=O)C2)c1N. The van der Waals surface area contributed by atoms with Gasteiger partial charge in [0.1, 0.15) is 11.5 Å². The first-order chi connectivity index (χ1) is 9.89. The van der Waals surface area contributed by atoms with E-state index in [2.05, 4.69) is 5.10 Å². The molecule has 0 saturated carbocycles. The van der Waals surface area contributed by atoms with Crippen LogP contribution in [0.1, 0.15) is 37.8 Å². The van der Waals surface area contributed by atoms with Gasteiger partial charge in [0.15, 0.2) is 9.84 Å². The Balaban J connectivity index is 2.09. The highest BCUT2D eigenvalue weighted by molar-refractivity contribution is 7.91. The number of nitrogen functional groups attached to an aromatic ring is 1. The van der Waals surface area contributed by atoms with Crippen LogP contribution in [0, 0.1) is 0 Å². The van der Waals surface area contributed by atoms with Crippen molar-refractivity contribution in [3.8, 4) is 11.3 Å². The second-order valence-electron chi connectivity index (χ2n) is 5.82. The zero-order valence-corrected chi connectivity index (χ0v) is 12.9. The van der Waals surface area contributed by atoms with Crippen LogP contribution in [0.3, 0.4) is 0 Å². The number of sulfone groups is 1. The molecule has 1 fully saturated rings. The van der Waals surface area contributed by atoms with Crippen molar-refractivity contribution in [1.82, 2.24) is 9.78 Å². The quantitative estimate of drug-likeness (QED) is 0.938. The molecule has 2 aromatic heterocycles. The summed E-state index contributed by atoms with van der Waals surface area (Å²) in [5, 5.41) is 4.59. The number of aromatic nitrogens is 2. The molecule has 0 radical (unpaired) electrons. The fourth-order valence-electron chi connectivity index (χ4n) is 2.89. The van der Waals surface area contributed by atoms with Crippen molar-refractivity contribution < 1.29 is 12.8 Å². The fraction of sp³-hybridized carbons (Fsp3) is 0.500. The zero-order valence-electron chi connectivity index (χ0n) is 12.1. The number of nitrogens with zero attached hydrogens (tertiary/aromatic N) is 2. The van der Waals surface area contributed by atoms with E-state index >= 15 is 0 Å². The molecule has 2 aromatic rings. The van der Waals surface area contributed by atoms with Crippen molar-refractivity contribution in [2.24, 2.45) is 0 Å². The van der Waals surface area contributed by atoms with Crippen LogP contribution in [0.25, 0.3) is 11.3 Å². The van der Waals surface area contributed by atoms with E-state index < -0.39 is 9.84 Å². The van der Waals surface area contributed by atoms with Crippen LogP contribution < -0.4 is 5.73 Å². The summed E-state index contributed by atoms with van der Waals surface area (Å²) >= 11 is 0. The third-order valence-electron chi connectivity index (χ3n) is 3.91. The van der Waals surface area contributed by atoms with Gasteiger partial charge in [-0.3, -0.25) is 0 Å². The summed E-state index contributed by atoms with van der Waals surface area (Å²) < 4.78 is 30.2. The normalized spacial score (nSPS) is 21.2. The van der Waals surface area contributed by atoms with Crippen LogP contribution in [-0.4, -0.2) is 29.7 Å². The summed E-state index contributed by atoms with van der Waals surface area (Å²) in [6.45, 7) is 4.10. The fourth-order valence-corrected chi connectivity index (χ4v) is 4.58. The van der Waals surface area contributed by atoms with Crippen molar-refractivity contribution >= 4 is 15.7 Å². The summed E-state index contributed by atoms with van der Waals surface area (Å²) in [6, 6.07) is 1.66. The molecule has 2 N–H and O–H groups in total. The number of nitrogens with two attached hydrogens (primary N) is 1. The molecule has 0 aromatic carbocycles. The molecule has 1 atom stereocenters. The highest BCUT2D eigenvalue weighted by Crippen LogP contribution is 2.36. The van der Waals surface area contributed by atoms with Gasteiger partial charge in [0.2, 0.25) is 0 Å². The average Bonchev–Trinajstić information content (AvgIpc) is 3.07. The van der Waals surface area contributed by atoms with Crippen molar-refractivity contribution in [2.45, 2.75) is 32.2 Å². The van der Waals surface area contributed by atoms with Gasteiger partial charge in [-0.1, -0.05) is 13.8 Å². The number of hydrogen-bond donors (Lipinski definition) is 1. The molecular formula is C14H19N3O3S. The first kappa shape index (κ1) is 14.2. The maximum absolute atomic E-state index is 11.7. The van der Waals surface area contributed by atoms with Crippen molar-refractivity contribution in [2.75, 3.05) is 17.2 Å². The van der Waals surface area contributed by atoms with Crippen molar-refractivity contribution in [1.29, 1.82) is 0 Å². The minimum absolute atomic E-state index is 0.112. The molecule has 3 rings (SSSR count). The van der Waals surface area contributed by atoms with E-state index in [1.165, 1.54) is 0 Å². The van der Waals surface area contributed by atoms with E-state index in [0.29, 0.717) is 12.2 Å². The highest BCUT2D eigenvalue weighted by atomic mass is 32.2. The molecule has 1 unspecified atom stereocenters. The Kier molecular flexibility index (Phi) is 3.32. The maximum Gasteiger partial charge on any atom is 0.152 e. The molecule has 1 aliphatic rings. The van der Waals surface area contributed by atoms with E-state index in [1.807, 2.05) is 19.9 Å². The van der Waals surface area contributed by atoms with Crippen molar-refractivity contribution in [3.63, 3.8) is 0 Å². The molecule has 1 saturated heterocycles. The van der Waals surface area contributed by atoms with Crippen LogP contribution in [0.4, 0.5) is 5.82 Å². The molecule has 0 amide bonds. The third kappa shape index (κ3) is 2.46. The molecule has 0 bridgehead atoms. The van der Waals surface area contributed by atoms with Gasteiger partial charge in [0.25, 0.3) is 0 Å². The van der Waals surface area contributed by atoms with Crippen LogP contribution >= 0.6 is 0 Å². The monoisotopic (exact) mass is 309 g/mol. The largest absolute Gasteiger partial charge is 0.472 e. The summed E-state index contributed by atoms with van der Waals surface area (Å²) in [5.41, 5.74) is 8.84. The van der Waals surface area contributed by atoms with Crippen molar-refractivity contribution in [3.05, 3.63) is 24.2 Å². The topological polar surface area (TPSA) is 91.1 Å². The molecule has 1 aliphatic heterocycles. The first-order valence-electron chi connectivity index (χ1n) is 7.00. The summed E-state index contributed by atoms with van der Waals surface area (Å²) in [5.74, 6) is 1.07. The van der Waals surface area contributed by atoms with Gasteiger partial charge in [0, 0.05) is 11.1 Å². The van der Waals surface area contributed by atoms with Crippen LogP contribution in [0.5, 0.6) is 0 Å². The Morgan fingerprint density at radius 1 is 1.48 bits per heavy atom. The zero-order chi connectivity index (χ0) is 15.2. The lowest BCUT2D eigenvalue weighted by atomic mass is 10.00. The molecule has 114 valence electrons. The Hall–Kier alpha value is -1.76. The Bertz CT molecular complexity index is 745. The number of anilines is 1. The number of furan rings is 1. The molecule has 0 aliphatic carbocycles. The average molecular weight is 309 g/mol. The van der Waals surface area contributed by atoms with Gasteiger partial charge in [-0.25, -0.2) is 13.1 Å². The van der Waals surface area contributed by atoms with E-state index in [9.17, 15) is 8.42 Å². The van der Waals surface area contributed by atoms with Crippen LogP contribution in [0.15, 0.2) is 23.0 Å². The molecule has 6 nitrogen and oxygen atoms in total. The smallest absolute Gasteiger partial charge is 0.152 e. The number of rotatable bonds is 3. The lowest BCUT2D eigenvalue weighted by Crippen LogP contribution is -2.15. The van der Waals surface area contributed by atoms with Gasteiger partial charge in [-0.2, -0.15) is 5.10 Å². The molecule has 21 heavy (non-hydrogen) atoms. The predicted molar refractivity (Wildman–Crippen MR) is 80.7 cm³/mol. The number of hydrogen-bond acceptors (Lipinski definition) is 5. The van der Waals surface area contributed by atoms with Crippen LogP contribution in [0.2, 0.25) is 0 Å². The van der Waals surface area contributed by atoms with Gasteiger partial charge >= 0.3 is 0 Å². The van der Waals surface area contributed by atoms with E-state index in [1.54, 1.807) is 17.2 Å². The van der Waals surface area contributed by atoms with Gasteiger partial charge in [-0.15, -0.1) is 0 Å². The summed E-state index contributed by atoms with van der Waals surface area (Å²) in [6.07, 6.45) is 3.79. The second-order valence-corrected chi connectivity index (χ2v) is 8.04. The van der Waals surface area contributed by atoms with Crippen LogP contribution in [-0.2, 0) is 9.84 Å². The molecular weight excluding hydrogens is 290 g/mol. The Labute approximate surface area is 123 Å². The third-order valence-corrected chi connectivity index (χ3v) is 5.66. The second kappa shape index (κ2) is 4.91. The lowest BCUT2D eigenvalue weighted by Gasteiger charge is -2.11. The predicted octanol–water partition coefficient (Wildman–Crippen LogP) is 2.21. The maximum atomic E-state index is 11.7. The minimum Gasteiger partial charge on any atom is -0.472 e. The summed E-state index contributed by atoms with van der Waals surface area (Å²) in [7, 11) is -2.97. The summed E-state index contributed by atoms with van der Waals surface area (Å²) in [4.78, 5) is 0. The molecule has 0 spiro atoms. The highest BCUT2D eigenvalue weighted by Gasteiger charge is 2.33. The standard InChI is InChI=1S/C14H19N3O3S/c1-9(2)12-13(10-3-5-20-7-10)16-17(14(12)15)11-4-6-21(18,19)8-11/h3,5,7,9,11H,4,6,8,15H2,1-2H3. The Morgan fingerprint density at radius 2 is 2.24 bits per heavy atom. The molecule has 7 heteroatoms. The minimum atomic E-state index is -2.97. The lowest BCUT2D eigenvalue weighted by molar-refractivity contribution is 0.507. The Morgan fingerprint density at radius 3 is 2.76 bits per heavy atom.